The van der Waals surface area contributed by atoms with Gasteiger partial charge in [0.1, 0.15) is 0 Å². The Bertz CT molecular complexity index is 1940. The molecule has 5 rings (SSSR count). The van der Waals surface area contributed by atoms with Crippen molar-refractivity contribution >= 4 is 57.2 Å². The fourth-order valence-electron chi connectivity index (χ4n) is 4.57. The van der Waals surface area contributed by atoms with Gasteiger partial charge in [-0.1, -0.05) is 41.9 Å². The third-order valence-corrected chi connectivity index (χ3v) is 6.99. The number of hydrogen-bond donors (Lipinski definition) is 2. The minimum atomic E-state index is -0.689. The van der Waals surface area contributed by atoms with Gasteiger partial charge in [-0.25, -0.2) is 14.8 Å². The maximum absolute atomic E-state index is 14.1. The highest BCUT2D eigenvalue weighted by atomic mass is 35.5. The molecule has 0 aliphatic rings. The van der Waals surface area contributed by atoms with Crippen LogP contribution in [0.15, 0.2) is 101 Å². The number of aromatic nitrogens is 2. The third-order valence-electron chi connectivity index (χ3n) is 6.66. The lowest BCUT2D eigenvalue weighted by molar-refractivity contribution is -0.110. The zero-order chi connectivity index (χ0) is 30.5. The fraction of sp³-hybridized carbons (Fsp3) is 0.121. The average molecular weight is 594 g/mol. The molecule has 5 aromatic rings. The van der Waals surface area contributed by atoms with Crippen LogP contribution in [-0.2, 0) is 9.53 Å². The zero-order valence-corrected chi connectivity index (χ0v) is 24.5. The number of esters is 1. The number of methoxy groups -OCH3 is 1. The maximum Gasteiger partial charge on any atom is 0.337 e. The van der Waals surface area contributed by atoms with Gasteiger partial charge in [-0.2, -0.15) is 0 Å². The normalized spacial score (nSPS) is 11.3. The predicted molar refractivity (Wildman–Crippen MR) is 170 cm³/mol. The monoisotopic (exact) mass is 593 g/mol. The first-order chi connectivity index (χ1) is 20.8. The Morgan fingerprint density at radius 1 is 0.977 bits per heavy atom. The fourth-order valence-corrected chi connectivity index (χ4v) is 4.74. The number of benzene rings is 4. The number of halogens is 1. The Kier molecular flexibility index (Phi) is 8.64. The standard InChI is InChI=1S/C33H28ClN5O4/c1-4-35-22-15-17-26(20(2)18-22)36-29(31(40)38-28-19-21(33(42)43-3)14-16-25(28)34)30-37-27-13-9-8-12-24(27)32(41)39(30)23-10-6-5-7-11-23/h5-19,35H,4H2,1-3H3,(H,38,40)/b36-29-. The lowest BCUT2D eigenvalue weighted by Gasteiger charge is -2.16. The van der Waals surface area contributed by atoms with E-state index in [1.807, 2.05) is 32.0 Å². The van der Waals surface area contributed by atoms with Crippen LogP contribution in [0.5, 0.6) is 0 Å². The molecule has 0 aliphatic carbocycles. The minimum Gasteiger partial charge on any atom is -0.465 e. The molecule has 4 aromatic carbocycles. The van der Waals surface area contributed by atoms with Crippen molar-refractivity contribution in [1.29, 1.82) is 0 Å². The molecule has 0 radical (unpaired) electrons. The molecule has 0 unspecified atom stereocenters. The first-order valence-electron chi connectivity index (χ1n) is 13.5. The van der Waals surface area contributed by atoms with E-state index >= 15 is 0 Å². The van der Waals surface area contributed by atoms with Crippen molar-refractivity contribution in [3.05, 3.63) is 123 Å². The summed E-state index contributed by atoms with van der Waals surface area (Å²) < 4.78 is 6.19. The van der Waals surface area contributed by atoms with Crippen LogP contribution >= 0.6 is 11.6 Å². The van der Waals surface area contributed by atoms with E-state index in [0.29, 0.717) is 22.3 Å². The smallest absolute Gasteiger partial charge is 0.337 e. The summed E-state index contributed by atoms with van der Waals surface area (Å²) in [7, 11) is 1.26. The van der Waals surface area contributed by atoms with Gasteiger partial charge >= 0.3 is 5.97 Å². The summed E-state index contributed by atoms with van der Waals surface area (Å²) in [6.45, 7) is 4.62. The van der Waals surface area contributed by atoms with Crippen molar-refractivity contribution in [2.45, 2.75) is 13.8 Å². The second-order valence-corrected chi connectivity index (χ2v) is 9.97. The molecule has 1 aromatic heterocycles. The summed E-state index contributed by atoms with van der Waals surface area (Å²) in [5, 5.41) is 6.61. The highest BCUT2D eigenvalue weighted by Gasteiger charge is 2.25. The number of nitrogens with zero attached hydrogens (tertiary/aromatic N) is 3. The van der Waals surface area contributed by atoms with Crippen LogP contribution in [0.4, 0.5) is 17.1 Å². The number of aryl methyl sites for hydroxylation is 1. The molecule has 43 heavy (non-hydrogen) atoms. The number of rotatable bonds is 8. The number of fused-ring (bicyclic) bond motifs is 1. The lowest BCUT2D eigenvalue weighted by Crippen LogP contribution is -2.33. The van der Waals surface area contributed by atoms with Crippen LogP contribution in [0, 0.1) is 6.92 Å². The number of carbonyl (C=O) groups excluding carboxylic acids is 2. The van der Waals surface area contributed by atoms with E-state index in [2.05, 4.69) is 10.6 Å². The molecule has 1 heterocycles. The third kappa shape index (κ3) is 6.17. The number of ether oxygens (including phenoxy) is 1. The summed E-state index contributed by atoms with van der Waals surface area (Å²) in [6, 6.07) is 25.8. The molecular weight excluding hydrogens is 566 g/mol. The molecule has 2 N–H and O–H groups in total. The summed E-state index contributed by atoms with van der Waals surface area (Å²) in [5.41, 5.74) is 2.97. The Morgan fingerprint density at radius 2 is 1.72 bits per heavy atom. The highest BCUT2D eigenvalue weighted by molar-refractivity contribution is 6.49. The number of aliphatic imine (C=N–C) groups is 1. The van der Waals surface area contributed by atoms with Crippen LogP contribution in [0.3, 0.4) is 0 Å². The highest BCUT2D eigenvalue weighted by Crippen LogP contribution is 2.27. The Morgan fingerprint density at radius 3 is 2.44 bits per heavy atom. The molecular formula is C33H28ClN5O4. The van der Waals surface area contributed by atoms with Crippen molar-refractivity contribution in [3.63, 3.8) is 0 Å². The van der Waals surface area contributed by atoms with E-state index < -0.39 is 11.9 Å². The van der Waals surface area contributed by atoms with Gasteiger partial charge in [0, 0.05) is 12.2 Å². The number of carbonyl (C=O) groups is 2. The van der Waals surface area contributed by atoms with E-state index in [1.165, 1.54) is 29.9 Å². The molecule has 0 bridgehead atoms. The quantitative estimate of drug-likeness (QED) is 0.161. The predicted octanol–water partition coefficient (Wildman–Crippen LogP) is 6.33. The van der Waals surface area contributed by atoms with Crippen LogP contribution in [0.2, 0.25) is 5.02 Å². The molecule has 0 atom stereocenters. The van der Waals surface area contributed by atoms with Crippen molar-refractivity contribution in [2.75, 3.05) is 24.3 Å². The topological polar surface area (TPSA) is 115 Å². The first kappa shape index (κ1) is 29.2. The largest absolute Gasteiger partial charge is 0.465 e. The number of nitrogens with one attached hydrogen (secondary N) is 2. The van der Waals surface area contributed by atoms with Gasteiger partial charge < -0.3 is 15.4 Å². The van der Waals surface area contributed by atoms with Gasteiger partial charge in [0.25, 0.3) is 11.5 Å². The number of hydrogen-bond acceptors (Lipinski definition) is 7. The van der Waals surface area contributed by atoms with Gasteiger partial charge in [0.05, 0.1) is 45.7 Å². The zero-order valence-electron chi connectivity index (χ0n) is 23.7. The van der Waals surface area contributed by atoms with Crippen molar-refractivity contribution in [2.24, 2.45) is 4.99 Å². The Labute approximate surface area is 252 Å². The molecule has 0 aliphatic heterocycles. The maximum atomic E-state index is 14.1. The number of amides is 1. The number of para-hydroxylation sites is 2. The van der Waals surface area contributed by atoms with E-state index in [1.54, 1.807) is 54.6 Å². The van der Waals surface area contributed by atoms with Crippen molar-refractivity contribution < 1.29 is 14.3 Å². The van der Waals surface area contributed by atoms with Gasteiger partial charge in [0.15, 0.2) is 11.5 Å². The Hall–Kier alpha value is -5.28. The summed E-state index contributed by atoms with van der Waals surface area (Å²) in [4.78, 5) is 49.8. The molecule has 216 valence electrons. The minimum absolute atomic E-state index is 0.0304. The molecule has 1 amide bonds. The van der Waals surface area contributed by atoms with Gasteiger partial charge in [-0.15, -0.1) is 0 Å². The van der Waals surface area contributed by atoms with Gasteiger partial charge in [0.2, 0.25) is 0 Å². The molecule has 0 spiro atoms. The van der Waals surface area contributed by atoms with Crippen molar-refractivity contribution in [1.82, 2.24) is 9.55 Å². The molecule has 0 saturated carbocycles. The summed E-state index contributed by atoms with van der Waals surface area (Å²) in [6.07, 6.45) is 0. The SMILES string of the molecule is CCNc1ccc(/N=C(\C(=O)Nc2cc(C(=O)OC)ccc2Cl)c2nc3ccccc3c(=O)n2-c2ccccc2)c(C)c1. The lowest BCUT2D eigenvalue weighted by atomic mass is 10.1. The van der Waals surface area contributed by atoms with E-state index in [4.69, 9.17) is 26.3 Å². The van der Waals surface area contributed by atoms with Crippen LogP contribution in [0.1, 0.15) is 28.7 Å². The Balaban J connectivity index is 1.75. The second-order valence-electron chi connectivity index (χ2n) is 9.56. The molecule has 10 heteroatoms. The van der Waals surface area contributed by atoms with E-state index in [-0.39, 0.29) is 33.4 Å². The van der Waals surface area contributed by atoms with E-state index in [9.17, 15) is 14.4 Å². The first-order valence-corrected chi connectivity index (χ1v) is 13.9. The van der Waals surface area contributed by atoms with Gasteiger partial charge in [-0.3, -0.25) is 14.2 Å². The van der Waals surface area contributed by atoms with Crippen LogP contribution < -0.4 is 16.2 Å². The van der Waals surface area contributed by atoms with Crippen LogP contribution in [0.25, 0.3) is 16.6 Å². The van der Waals surface area contributed by atoms with Crippen molar-refractivity contribution in [3.8, 4) is 5.69 Å². The summed E-state index contributed by atoms with van der Waals surface area (Å²) in [5.74, 6) is -1.25. The average Bonchev–Trinajstić information content (AvgIpc) is 3.02. The summed E-state index contributed by atoms with van der Waals surface area (Å²) >= 11 is 6.42. The number of anilines is 2. The second kappa shape index (κ2) is 12.7. The van der Waals surface area contributed by atoms with Gasteiger partial charge in [-0.05, 0) is 80.1 Å². The molecule has 0 fully saturated rings. The molecule has 9 nitrogen and oxygen atoms in total. The van der Waals surface area contributed by atoms with E-state index in [0.717, 1.165) is 17.8 Å². The van der Waals surface area contributed by atoms with Crippen LogP contribution in [-0.4, -0.2) is 40.8 Å². The molecule has 0 saturated heterocycles.